The van der Waals surface area contributed by atoms with Crippen LogP contribution in [0, 0.1) is 28.6 Å². The molecule has 0 N–H and O–H groups in total. The Morgan fingerprint density at radius 1 is 1.08 bits per heavy atom. The number of allylic oxidation sites excluding steroid dienone is 4. The third-order valence-electron chi connectivity index (χ3n) is 8.37. The monoisotopic (exact) mass is 352 g/mol. The molecule has 1 nitrogen and oxygen atoms in total. The van der Waals surface area contributed by atoms with E-state index in [1.54, 1.807) is 5.57 Å². The minimum Gasteiger partial charge on any atom is -0.295 e. The van der Waals surface area contributed by atoms with Crippen molar-refractivity contribution < 1.29 is 4.79 Å². The fourth-order valence-corrected chi connectivity index (χ4v) is 7.65. The lowest BCUT2D eigenvalue weighted by atomic mass is 9.47. The molecule has 0 amide bonds. The highest BCUT2D eigenvalue weighted by molar-refractivity contribution is 7.08. The third-order valence-corrected chi connectivity index (χ3v) is 9.06. The molecule has 4 aliphatic rings. The van der Waals surface area contributed by atoms with Gasteiger partial charge in [-0.05, 0) is 101 Å². The molecular formula is C23H28OS. The molecule has 2 heteroatoms. The maximum atomic E-state index is 11.9. The summed E-state index contributed by atoms with van der Waals surface area (Å²) in [4.78, 5) is 11.9. The van der Waals surface area contributed by atoms with Gasteiger partial charge in [0.05, 0.1) is 0 Å². The van der Waals surface area contributed by atoms with Crippen molar-refractivity contribution in [3.05, 3.63) is 40.1 Å². The number of fused-ring (bicyclic) bond motifs is 5. The van der Waals surface area contributed by atoms with E-state index in [2.05, 4.69) is 36.7 Å². The van der Waals surface area contributed by atoms with Crippen LogP contribution in [0.3, 0.4) is 0 Å². The Bertz CT molecular complexity index is 770. The van der Waals surface area contributed by atoms with Gasteiger partial charge in [0.25, 0.3) is 0 Å². The maximum absolute atomic E-state index is 11.9. The lowest BCUT2D eigenvalue weighted by molar-refractivity contribution is -0.117. The second kappa shape index (κ2) is 5.42. The molecule has 0 saturated heterocycles. The number of hydrogen-bond donors (Lipinski definition) is 0. The van der Waals surface area contributed by atoms with Crippen LogP contribution in [0.2, 0.25) is 0 Å². The number of hydrogen-bond acceptors (Lipinski definition) is 2. The zero-order valence-corrected chi connectivity index (χ0v) is 16.2. The van der Waals surface area contributed by atoms with Crippen LogP contribution in [-0.4, -0.2) is 5.78 Å². The van der Waals surface area contributed by atoms with Crippen molar-refractivity contribution in [3.8, 4) is 0 Å². The summed E-state index contributed by atoms with van der Waals surface area (Å²) in [6, 6.07) is 2.31. The first-order valence-electron chi connectivity index (χ1n) is 9.99. The predicted octanol–water partition coefficient (Wildman–Crippen LogP) is 6.27. The van der Waals surface area contributed by atoms with Gasteiger partial charge in [-0.2, -0.15) is 11.3 Å². The average molecular weight is 353 g/mol. The average Bonchev–Trinajstić information content (AvgIpc) is 3.22. The fourth-order valence-electron chi connectivity index (χ4n) is 6.99. The second-order valence-electron chi connectivity index (χ2n) is 9.29. The van der Waals surface area contributed by atoms with Crippen LogP contribution in [0.25, 0.3) is 5.57 Å². The molecule has 1 aromatic heterocycles. The predicted molar refractivity (Wildman–Crippen MR) is 104 cm³/mol. The molecule has 0 aromatic carbocycles. The Balaban J connectivity index is 1.49. The van der Waals surface area contributed by atoms with Gasteiger partial charge >= 0.3 is 0 Å². The molecule has 132 valence electrons. The molecule has 5 atom stereocenters. The van der Waals surface area contributed by atoms with Crippen LogP contribution in [-0.2, 0) is 4.79 Å². The summed E-state index contributed by atoms with van der Waals surface area (Å²) in [5.74, 6) is 2.79. The Labute approximate surface area is 155 Å². The number of thiophene rings is 1. The first-order chi connectivity index (χ1) is 12.0. The highest BCUT2D eigenvalue weighted by Crippen LogP contribution is 2.66. The minimum absolute atomic E-state index is 0.295. The summed E-state index contributed by atoms with van der Waals surface area (Å²) in [7, 11) is 0. The molecule has 25 heavy (non-hydrogen) atoms. The highest BCUT2D eigenvalue weighted by Gasteiger charge is 2.57. The van der Waals surface area contributed by atoms with Crippen LogP contribution in [0.15, 0.2) is 34.6 Å². The van der Waals surface area contributed by atoms with E-state index in [-0.39, 0.29) is 0 Å². The molecule has 2 saturated carbocycles. The summed E-state index contributed by atoms with van der Waals surface area (Å²) in [5.41, 5.74) is 5.24. The van der Waals surface area contributed by atoms with Gasteiger partial charge in [0, 0.05) is 6.42 Å². The van der Waals surface area contributed by atoms with Crippen LogP contribution in [0.4, 0.5) is 0 Å². The Morgan fingerprint density at radius 3 is 2.76 bits per heavy atom. The Morgan fingerprint density at radius 2 is 1.96 bits per heavy atom. The fraction of sp³-hybridized carbons (Fsp3) is 0.609. The zero-order chi connectivity index (χ0) is 17.2. The second-order valence-corrected chi connectivity index (χ2v) is 10.1. The van der Waals surface area contributed by atoms with Crippen molar-refractivity contribution in [3.63, 3.8) is 0 Å². The molecule has 0 aliphatic heterocycles. The van der Waals surface area contributed by atoms with Gasteiger partial charge in [0.2, 0.25) is 0 Å². The molecular weight excluding hydrogens is 324 g/mol. The SMILES string of the molecule is C[C@]12CCC(=O)C=C1CC[C@@H]1[C@@H]2CC[C@]2(C)C(c3ccsc3)=CC[C@@H]12. The lowest BCUT2D eigenvalue weighted by Gasteiger charge is -2.57. The van der Waals surface area contributed by atoms with Gasteiger partial charge < -0.3 is 0 Å². The van der Waals surface area contributed by atoms with E-state index < -0.39 is 0 Å². The van der Waals surface area contributed by atoms with Crippen LogP contribution in [0.1, 0.15) is 64.4 Å². The minimum atomic E-state index is 0.295. The van der Waals surface area contributed by atoms with E-state index in [1.807, 2.05) is 17.4 Å². The molecule has 0 spiro atoms. The van der Waals surface area contributed by atoms with Crippen molar-refractivity contribution in [2.24, 2.45) is 28.6 Å². The van der Waals surface area contributed by atoms with Crippen LogP contribution in [0.5, 0.6) is 0 Å². The lowest BCUT2D eigenvalue weighted by Crippen LogP contribution is -2.49. The highest BCUT2D eigenvalue weighted by atomic mass is 32.1. The third kappa shape index (κ3) is 2.16. The van der Waals surface area contributed by atoms with E-state index in [9.17, 15) is 4.79 Å². The van der Waals surface area contributed by atoms with Gasteiger partial charge in [-0.3, -0.25) is 4.79 Å². The number of carbonyl (C=O) groups is 1. The van der Waals surface area contributed by atoms with E-state index in [0.717, 1.165) is 37.0 Å². The van der Waals surface area contributed by atoms with Gasteiger partial charge in [0.15, 0.2) is 5.78 Å². The van der Waals surface area contributed by atoms with Crippen molar-refractivity contribution >= 4 is 22.7 Å². The first kappa shape index (κ1) is 16.1. The number of ketones is 1. The summed E-state index contributed by atoms with van der Waals surface area (Å²) in [6.07, 6.45) is 12.8. The quantitative estimate of drug-likeness (QED) is 0.582. The molecule has 1 heterocycles. The van der Waals surface area contributed by atoms with Crippen LogP contribution < -0.4 is 0 Å². The standard InChI is InChI=1S/C23H28OS/c1-22-10-7-17(24)13-16(22)3-4-18-20-6-5-19(15-9-12-25-14-15)23(20,2)11-8-21(18)22/h5,9,12-14,18,20-21H,3-4,6-8,10-11H2,1-2H3/t18-,20-,21-,22-,23+/m0/s1. The molecule has 0 unspecified atom stereocenters. The molecule has 2 fully saturated rings. The Kier molecular flexibility index (Phi) is 3.48. The van der Waals surface area contributed by atoms with Gasteiger partial charge in [-0.25, -0.2) is 0 Å². The zero-order valence-electron chi connectivity index (χ0n) is 15.4. The topological polar surface area (TPSA) is 17.1 Å². The Hall–Kier alpha value is -1.15. The van der Waals surface area contributed by atoms with Gasteiger partial charge in [-0.1, -0.05) is 25.5 Å². The summed E-state index contributed by atoms with van der Waals surface area (Å²) < 4.78 is 0. The summed E-state index contributed by atoms with van der Waals surface area (Å²) >= 11 is 1.82. The molecule has 1 aromatic rings. The molecule has 0 bridgehead atoms. The van der Waals surface area contributed by atoms with Crippen LogP contribution >= 0.6 is 11.3 Å². The normalized spacial score (nSPS) is 43.0. The van der Waals surface area contributed by atoms with Crippen molar-refractivity contribution in [1.29, 1.82) is 0 Å². The van der Waals surface area contributed by atoms with E-state index >= 15 is 0 Å². The summed E-state index contributed by atoms with van der Waals surface area (Å²) in [6.45, 7) is 5.02. The number of rotatable bonds is 1. The number of carbonyl (C=O) groups excluding carboxylic acids is 1. The van der Waals surface area contributed by atoms with E-state index in [4.69, 9.17) is 0 Å². The van der Waals surface area contributed by atoms with Crippen molar-refractivity contribution in [2.75, 3.05) is 0 Å². The molecule has 0 radical (unpaired) electrons. The smallest absolute Gasteiger partial charge is 0.155 e. The van der Waals surface area contributed by atoms with Gasteiger partial charge in [-0.15, -0.1) is 0 Å². The van der Waals surface area contributed by atoms with Gasteiger partial charge in [0.1, 0.15) is 0 Å². The van der Waals surface area contributed by atoms with Crippen molar-refractivity contribution in [1.82, 2.24) is 0 Å². The van der Waals surface area contributed by atoms with E-state index in [0.29, 0.717) is 16.6 Å². The van der Waals surface area contributed by atoms with Crippen molar-refractivity contribution in [2.45, 2.75) is 58.8 Å². The van der Waals surface area contributed by atoms with E-state index in [1.165, 1.54) is 36.8 Å². The maximum Gasteiger partial charge on any atom is 0.155 e. The first-order valence-corrected chi connectivity index (χ1v) is 10.9. The molecule has 4 aliphatic carbocycles. The molecule has 5 rings (SSSR count). The largest absolute Gasteiger partial charge is 0.295 e. The summed E-state index contributed by atoms with van der Waals surface area (Å²) in [5, 5.41) is 4.55.